The molecule has 0 atom stereocenters. The summed E-state index contributed by atoms with van der Waals surface area (Å²) in [4.78, 5) is 0. The van der Waals surface area contributed by atoms with Crippen LogP contribution in [0.25, 0.3) is 11.1 Å². The molecule has 1 heterocycles. The zero-order chi connectivity index (χ0) is 13.0. The van der Waals surface area contributed by atoms with Crippen LogP contribution in [0.2, 0.25) is 0 Å². The molecule has 0 aliphatic rings. The van der Waals surface area contributed by atoms with Crippen molar-refractivity contribution in [2.45, 2.75) is 6.61 Å². The molecule has 0 radical (unpaired) electrons. The van der Waals surface area contributed by atoms with Crippen LogP contribution in [0.3, 0.4) is 0 Å². The fourth-order valence-electron chi connectivity index (χ4n) is 1.51. The van der Waals surface area contributed by atoms with Gasteiger partial charge in [-0.3, -0.25) is 0 Å². The molecular weight excluding hydrogens is 240 g/mol. The Kier molecular flexibility index (Phi) is 3.44. The molecule has 18 heavy (non-hydrogen) atoms. The van der Waals surface area contributed by atoms with E-state index in [0.29, 0.717) is 11.1 Å². The zero-order valence-corrected chi connectivity index (χ0v) is 9.05. The minimum absolute atomic E-state index is 0.00278. The summed E-state index contributed by atoms with van der Waals surface area (Å²) in [5.41, 5.74) is 1.03. The first-order chi connectivity index (χ1) is 8.72. The van der Waals surface area contributed by atoms with E-state index in [1.54, 1.807) is 18.2 Å². The molecule has 1 aromatic carbocycles. The topological polar surface area (TPSA) is 58.8 Å². The molecule has 4 nitrogen and oxygen atoms in total. The van der Waals surface area contributed by atoms with E-state index in [2.05, 4.69) is 14.9 Å². The van der Waals surface area contributed by atoms with E-state index >= 15 is 0 Å². The highest BCUT2D eigenvalue weighted by Gasteiger charge is 2.13. The van der Waals surface area contributed by atoms with E-state index in [9.17, 15) is 8.78 Å². The van der Waals surface area contributed by atoms with Crippen LogP contribution >= 0.6 is 0 Å². The van der Waals surface area contributed by atoms with Gasteiger partial charge in [0, 0.05) is 11.1 Å². The molecule has 0 amide bonds. The molecule has 2 rings (SSSR count). The lowest BCUT2D eigenvalue weighted by Crippen LogP contribution is -2.03. The maximum Gasteiger partial charge on any atom is 0.387 e. The van der Waals surface area contributed by atoms with Gasteiger partial charge in [0.25, 0.3) is 0 Å². The highest BCUT2D eigenvalue weighted by molar-refractivity contribution is 5.74. The average molecular weight is 247 g/mol. The summed E-state index contributed by atoms with van der Waals surface area (Å²) < 4.78 is 29.0. The van der Waals surface area contributed by atoms with Gasteiger partial charge < -0.3 is 4.74 Å². The third-order valence-electron chi connectivity index (χ3n) is 2.24. The van der Waals surface area contributed by atoms with E-state index in [1.807, 2.05) is 6.07 Å². The van der Waals surface area contributed by atoms with Gasteiger partial charge >= 0.3 is 6.61 Å². The highest BCUT2D eigenvalue weighted by Crippen LogP contribution is 2.32. The van der Waals surface area contributed by atoms with Gasteiger partial charge in [-0.2, -0.15) is 24.2 Å². The van der Waals surface area contributed by atoms with Crippen molar-refractivity contribution >= 4 is 0 Å². The second-order valence-electron chi connectivity index (χ2n) is 3.30. The quantitative estimate of drug-likeness (QED) is 0.836. The maximum absolute atomic E-state index is 12.3. The number of rotatable bonds is 3. The number of ether oxygens (including phenoxy) is 1. The molecule has 0 saturated heterocycles. The number of hydrogen-bond donors (Lipinski definition) is 0. The summed E-state index contributed by atoms with van der Waals surface area (Å²) in [6, 6.07) is 8.15. The van der Waals surface area contributed by atoms with Crippen LogP contribution in [-0.2, 0) is 0 Å². The molecule has 1 aromatic heterocycles. The van der Waals surface area contributed by atoms with Crippen molar-refractivity contribution in [3.05, 3.63) is 42.2 Å². The molecule has 0 unspecified atom stereocenters. The van der Waals surface area contributed by atoms with Crippen molar-refractivity contribution in [3.63, 3.8) is 0 Å². The SMILES string of the molecule is N#Cc1cnncc1-c1ccccc1OC(F)F. The number of hydrogen-bond acceptors (Lipinski definition) is 4. The first-order valence-corrected chi connectivity index (χ1v) is 4.97. The Morgan fingerprint density at radius 2 is 1.83 bits per heavy atom. The third kappa shape index (κ3) is 2.40. The van der Waals surface area contributed by atoms with Crippen molar-refractivity contribution in [1.82, 2.24) is 10.2 Å². The van der Waals surface area contributed by atoms with E-state index in [4.69, 9.17) is 5.26 Å². The van der Waals surface area contributed by atoms with Crippen LogP contribution in [0.1, 0.15) is 5.56 Å². The molecule has 0 aliphatic heterocycles. The Bertz CT molecular complexity index is 596. The van der Waals surface area contributed by atoms with Crippen LogP contribution in [-0.4, -0.2) is 16.8 Å². The monoisotopic (exact) mass is 247 g/mol. The summed E-state index contributed by atoms with van der Waals surface area (Å²) in [6.07, 6.45) is 2.61. The molecule has 6 heteroatoms. The minimum Gasteiger partial charge on any atom is -0.434 e. The lowest BCUT2D eigenvalue weighted by Gasteiger charge is -2.10. The first-order valence-electron chi connectivity index (χ1n) is 4.97. The Labute approximate surface area is 101 Å². The number of halogens is 2. The number of para-hydroxylation sites is 1. The van der Waals surface area contributed by atoms with E-state index in [1.165, 1.54) is 18.5 Å². The largest absolute Gasteiger partial charge is 0.434 e. The van der Waals surface area contributed by atoms with Crippen LogP contribution in [0.15, 0.2) is 36.7 Å². The Balaban J connectivity index is 2.54. The smallest absolute Gasteiger partial charge is 0.387 e. The predicted molar refractivity (Wildman–Crippen MR) is 58.8 cm³/mol. The Morgan fingerprint density at radius 1 is 1.11 bits per heavy atom. The van der Waals surface area contributed by atoms with E-state index < -0.39 is 6.61 Å². The van der Waals surface area contributed by atoms with Crippen molar-refractivity contribution < 1.29 is 13.5 Å². The molecular formula is C12H7F2N3O. The molecule has 0 bridgehead atoms. The number of nitriles is 1. The van der Waals surface area contributed by atoms with Gasteiger partial charge in [0.1, 0.15) is 11.8 Å². The number of benzene rings is 1. The average Bonchev–Trinajstić information content (AvgIpc) is 2.39. The molecule has 90 valence electrons. The van der Waals surface area contributed by atoms with Gasteiger partial charge in [-0.25, -0.2) is 0 Å². The molecule has 0 spiro atoms. The van der Waals surface area contributed by atoms with Crippen molar-refractivity contribution in [3.8, 4) is 22.9 Å². The molecule has 0 saturated carbocycles. The zero-order valence-electron chi connectivity index (χ0n) is 9.05. The minimum atomic E-state index is -2.92. The van der Waals surface area contributed by atoms with Gasteiger partial charge in [0.2, 0.25) is 0 Å². The van der Waals surface area contributed by atoms with Gasteiger partial charge in [0.15, 0.2) is 0 Å². The fourth-order valence-corrected chi connectivity index (χ4v) is 1.51. The Morgan fingerprint density at radius 3 is 2.56 bits per heavy atom. The summed E-state index contributed by atoms with van der Waals surface area (Å²) in [5.74, 6) is -0.00278. The van der Waals surface area contributed by atoms with Crippen molar-refractivity contribution in [2.75, 3.05) is 0 Å². The van der Waals surface area contributed by atoms with Crippen molar-refractivity contribution in [2.24, 2.45) is 0 Å². The number of aromatic nitrogens is 2. The number of nitrogens with zero attached hydrogens (tertiary/aromatic N) is 3. The third-order valence-corrected chi connectivity index (χ3v) is 2.24. The van der Waals surface area contributed by atoms with E-state index in [-0.39, 0.29) is 11.3 Å². The molecule has 0 fully saturated rings. The lowest BCUT2D eigenvalue weighted by molar-refractivity contribution is -0.0494. The fraction of sp³-hybridized carbons (Fsp3) is 0.0833. The number of alkyl halides is 2. The summed E-state index contributed by atoms with van der Waals surface area (Å²) in [7, 11) is 0. The van der Waals surface area contributed by atoms with Crippen LogP contribution in [0.5, 0.6) is 5.75 Å². The summed E-state index contributed by atoms with van der Waals surface area (Å²) in [6.45, 7) is -2.92. The second kappa shape index (κ2) is 5.19. The Hall–Kier alpha value is -2.55. The summed E-state index contributed by atoms with van der Waals surface area (Å²) in [5, 5.41) is 16.2. The van der Waals surface area contributed by atoms with E-state index in [0.717, 1.165) is 0 Å². The van der Waals surface area contributed by atoms with Gasteiger partial charge in [-0.15, -0.1) is 0 Å². The molecule has 2 aromatic rings. The predicted octanol–water partition coefficient (Wildman–Crippen LogP) is 2.62. The normalized spacial score (nSPS) is 10.1. The standard InChI is InChI=1S/C12H7F2N3O/c13-12(14)18-11-4-2-1-3-9(11)10-7-17-16-6-8(10)5-15/h1-4,6-7,12H. The first kappa shape index (κ1) is 11.9. The second-order valence-corrected chi connectivity index (χ2v) is 3.30. The van der Waals surface area contributed by atoms with Crippen LogP contribution in [0, 0.1) is 11.3 Å². The van der Waals surface area contributed by atoms with Gasteiger partial charge in [-0.1, -0.05) is 18.2 Å². The summed E-state index contributed by atoms with van der Waals surface area (Å²) >= 11 is 0. The van der Waals surface area contributed by atoms with Crippen molar-refractivity contribution in [1.29, 1.82) is 5.26 Å². The molecule has 0 aliphatic carbocycles. The lowest BCUT2D eigenvalue weighted by atomic mass is 10.0. The van der Waals surface area contributed by atoms with Crippen LogP contribution in [0.4, 0.5) is 8.78 Å². The molecule has 0 N–H and O–H groups in total. The van der Waals surface area contributed by atoms with Gasteiger partial charge in [-0.05, 0) is 6.07 Å². The maximum atomic E-state index is 12.3. The highest BCUT2D eigenvalue weighted by atomic mass is 19.3. The van der Waals surface area contributed by atoms with Gasteiger partial charge in [0.05, 0.1) is 18.0 Å². The van der Waals surface area contributed by atoms with Crippen LogP contribution < -0.4 is 4.74 Å².